The lowest BCUT2D eigenvalue weighted by Crippen LogP contribution is -2.35. The highest BCUT2D eigenvalue weighted by Gasteiger charge is 2.25. The third-order valence-electron chi connectivity index (χ3n) is 4.72. The topological polar surface area (TPSA) is 76.2 Å². The molecule has 23 heavy (non-hydrogen) atoms. The summed E-state index contributed by atoms with van der Waals surface area (Å²) in [5.41, 5.74) is 0. The summed E-state index contributed by atoms with van der Waals surface area (Å²) in [6, 6.07) is 4.06. The van der Waals surface area contributed by atoms with Crippen LogP contribution in [-0.4, -0.2) is 38.2 Å². The second-order valence-electron chi connectivity index (χ2n) is 6.25. The van der Waals surface area contributed by atoms with Crippen LogP contribution in [0.2, 0.25) is 0 Å². The predicted octanol–water partition coefficient (Wildman–Crippen LogP) is 1.56. The first-order chi connectivity index (χ1) is 11.3. The number of furan rings is 1. The van der Waals surface area contributed by atoms with E-state index in [4.69, 9.17) is 4.42 Å². The molecule has 1 saturated carbocycles. The minimum absolute atomic E-state index is 0.0828. The third-order valence-corrected chi connectivity index (χ3v) is 4.72. The van der Waals surface area contributed by atoms with Crippen molar-refractivity contribution in [3.8, 4) is 0 Å². The molecule has 0 spiro atoms. The molecule has 0 saturated heterocycles. The normalized spacial score (nSPS) is 18.3. The summed E-state index contributed by atoms with van der Waals surface area (Å²) < 4.78 is 7.38. The molecular formula is C16H21N5O2. The molecule has 7 nitrogen and oxygen atoms in total. The van der Waals surface area contributed by atoms with Gasteiger partial charge in [0.15, 0.2) is 11.6 Å². The van der Waals surface area contributed by atoms with E-state index in [1.807, 2.05) is 0 Å². The monoisotopic (exact) mass is 315 g/mol. The number of carbonyl (C=O) groups excluding carboxylic acids is 1. The van der Waals surface area contributed by atoms with Crippen molar-refractivity contribution in [2.75, 3.05) is 6.54 Å². The number of rotatable bonds is 4. The molecule has 1 amide bonds. The van der Waals surface area contributed by atoms with E-state index in [-0.39, 0.29) is 5.91 Å². The fourth-order valence-electron chi connectivity index (χ4n) is 3.13. The molecule has 0 atom stereocenters. The number of hydrogen-bond acceptors (Lipinski definition) is 5. The Morgan fingerprint density at radius 1 is 1.30 bits per heavy atom. The molecule has 3 heterocycles. The average molecular weight is 315 g/mol. The van der Waals surface area contributed by atoms with E-state index in [9.17, 15) is 4.79 Å². The maximum Gasteiger partial charge on any atom is 0.289 e. The van der Waals surface area contributed by atoms with Crippen LogP contribution in [0.5, 0.6) is 0 Å². The fourth-order valence-corrected chi connectivity index (χ4v) is 3.13. The van der Waals surface area contributed by atoms with Gasteiger partial charge < -0.3 is 19.2 Å². The minimum Gasteiger partial charge on any atom is -0.459 e. The summed E-state index contributed by atoms with van der Waals surface area (Å²) in [5.74, 6) is 2.12. The number of amides is 1. The third kappa shape index (κ3) is 2.88. The molecule has 0 unspecified atom stereocenters. The van der Waals surface area contributed by atoms with Gasteiger partial charge in [-0.25, -0.2) is 0 Å². The lowest BCUT2D eigenvalue weighted by Gasteiger charge is -2.26. The van der Waals surface area contributed by atoms with Crippen LogP contribution in [-0.2, 0) is 19.6 Å². The van der Waals surface area contributed by atoms with Crippen LogP contribution < -0.4 is 5.32 Å². The highest BCUT2D eigenvalue weighted by Crippen LogP contribution is 2.19. The molecule has 122 valence electrons. The molecule has 0 aromatic carbocycles. The molecule has 2 aliphatic rings. The number of fused-ring (bicyclic) bond motifs is 1. The van der Waals surface area contributed by atoms with Gasteiger partial charge in [0, 0.05) is 19.1 Å². The van der Waals surface area contributed by atoms with E-state index in [1.54, 1.807) is 17.0 Å². The van der Waals surface area contributed by atoms with Gasteiger partial charge in [-0.05, 0) is 31.4 Å². The summed E-state index contributed by atoms with van der Waals surface area (Å²) in [6.45, 7) is 2.80. The summed E-state index contributed by atoms with van der Waals surface area (Å²) in [5, 5.41) is 12.1. The number of nitrogens with one attached hydrogen (secondary N) is 1. The van der Waals surface area contributed by atoms with Crippen LogP contribution >= 0.6 is 0 Å². The van der Waals surface area contributed by atoms with Crippen LogP contribution in [0.15, 0.2) is 22.8 Å². The van der Waals surface area contributed by atoms with Crippen molar-refractivity contribution >= 4 is 5.91 Å². The van der Waals surface area contributed by atoms with Crippen LogP contribution in [0.1, 0.15) is 47.9 Å². The zero-order chi connectivity index (χ0) is 15.6. The maximum atomic E-state index is 12.5. The smallest absolute Gasteiger partial charge is 0.289 e. The largest absolute Gasteiger partial charge is 0.459 e. The van der Waals surface area contributed by atoms with Gasteiger partial charge in [-0.15, -0.1) is 10.2 Å². The van der Waals surface area contributed by atoms with E-state index in [0.717, 1.165) is 31.2 Å². The molecule has 4 rings (SSSR count). The summed E-state index contributed by atoms with van der Waals surface area (Å²) >= 11 is 0. The first kappa shape index (κ1) is 14.4. The molecule has 7 heteroatoms. The van der Waals surface area contributed by atoms with Crippen molar-refractivity contribution in [1.82, 2.24) is 25.0 Å². The van der Waals surface area contributed by atoms with E-state index < -0.39 is 0 Å². The lowest BCUT2D eigenvalue weighted by molar-refractivity contribution is 0.0711. The summed E-state index contributed by atoms with van der Waals surface area (Å²) in [7, 11) is 0. The Morgan fingerprint density at radius 2 is 2.22 bits per heavy atom. The molecule has 2 aromatic rings. The Bertz CT molecular complexity index is 675. The van der Waals surface area contributed by atoms with Gasteiger partial charge in [0.05, 0.1) is 19.4 Å². The maximum absolute atomic E-state index is 12.5. The van der Waals surface area contributed by atoms with E-state index in [2.05, 4.69) is 20.1 Å². The van der Waals surface area contributed by atoms with Gasteiger partial charge in [0.25, 0.3) is 5.91 Å². The van der Waals surface area contributed by atoms with Crippen molar-refractivity contribution < 1.29 is 9.21 Å². The van der Waals surface area contributed by atoms with E-state index in [0.29, 0.717) is 24.9 Å². The molecule has 0 radical (unpaired) electrons. The molecule has 0 bridgehead atoms. The van der Waals surface area contributed by atoms with Gasteiger partial charge in [0.1, 0.15) is 5.82 Å². The molecule has 1 aliphatic heterocycles. The van der Waals surface area contributed by atoms with Crippen LogP contribution in [0.25, 0.3) is 0 Å². The Morgan fingerprint density at radius 3 is 2.96 bits per heavy atom. The van der Waals surface area contributed by atoms with Crippen LogP contribution in [0, 0.1) is 0 Å². The van der Waals surface area contributed by atoms with E-state index in [1.165, 1.54) is 25.5 Å². The Labute approximate surface area is 134 Å². The number of nitrogens with zero attached hydrogens (tertiary/aromatic N) is 4. The molecular weight excluding hydrogens is 294 g/mol. The van der Waals surface area contributed by atoms with Gasteiger partial charge in [0.2, 0.25) is 0 Å². The first-order valence-corrected chi connectivity index (χ1v) is 8.28. The lowest BCUT2D eigenvalue weighted by atomic mass is 9.93. The van der Waals surface area contributed by atoms with Crippen LogP contribution in [0.4, 0.5) is 0 Å². The number of hydrogen-bond donors (Lipinski definition) is 1. The van der Waals surface area contributed by atoms with E-state index >= 15 is 0 Å². The second-order valence-corrected chi connectivity index (χ2v) is 6.25. The van der Waals surface area contributed by atoms with Crippen LogP contribution in [0.3, 0.4) is 0 Å². The summed E-state index contributed by atoms with van der Waals surface area (Å²) in [6.07, 6.45) is 6.25. The zero-order valence-electron chi connectivity index (χ0n) is 13.1. The first-order valence-electron chi connectivity index (χ1n) is 8.28. The Kier molecular flexibility index (Phi) is 3.87. The highest BCUT2D eigenvalue weighted by atomic mass is 16.3. The summed E-state index contributed by atoms with van der Waals surface area (Å²) in [4.78, 5) is 14.2. The Hall–Kier alpha value is -2.15. The van der Waals surface area contributed by atoms with Crippen molar-refractivity contribution in [2.24, 2.45) is 0 Å². The second kappa shape index (κ2) is 6.16. The van der Waals surface area contributed by atoms with Gasteiger partial charge >= 0.3 is 0 Å². The number of carbonyl (C=O) groups is 1. The van der Waals surface area contributed by atoms with Crippen molar-refractivity contribution in [1.29, 1.82) is 0 Å². The van der Waals surface area contributed by atoms with Crippen molar-refractivity contribution in [2.45, 2.75) is 51.4 Å². The molecule has 1 aliphatic carbocycles. The van der Waals surface area contributed by atoms with Crippen molar-refractivity contribution in [3.05, 3.63) is 35.8 Å². The average Bonchev–Trinajstić information content (AvgIpc) is 3.11. The SMILES string of the molecule is O=C(c1ccco1)N1CCCn2c(CNC3CCC3)nnc2C1. The predicted molar refractivity (Wildman–Crippen MR) is 82.6 cm³/mol. The molecule has 1 fully saturated rings. The van der Waals surface area contributed by atoms with Gasteiger partial charge in [-0.1, -0.05) is 6.42 Å². The highest BCUT2D eigenvalue weighted by molar-refractivity contribution is 5.91. The minimum atomic E-state index is -0.0828. The number of aromatic nitrogens is 3. The Balaban J connectivity index is 1.46. The molecule has 2 aromatic heterocycles. The molecule has 1 N–H and O–H groups in total. The van der Waals surface area contributed by atoms with Gasteiger partial charge in [-0.3, -0.25) is 4.79 Å². The van der Waals surface area contributed by atoms with Gasteiger partial charge in [-0.2, -0.15) is 0 Å². The fraction of sp³-hybridized carbons (Fsp3) is 0.562. The quantitative estimate of drug-likeness (QED) is 0.926. The standard InChI is InChI=1S/C16H21N5O2/c22-16(13-6-2-9-23-13)20-7-3-8-21-14(18-19-15(21)11-20)10-17-12-4-1-5-12/h2,6,9,12,17H,1,3-5,7-8,10-11H2. The van der Waals surface area contributed by atoms with Crippen molar-refractivity contribution in [3.63, 3.8) is 0 Å². The zero-order valence-corrected chi connectivity index (χ0v) is 13.1.